The Kier molecular flexibility index (Phi) is 8.38. The van der Waals surface area contributed by atoms with Crippen LogP contribution in [-0.4, -0.2) is 35.5 Å². The predicted molar refractivity (Wildman–Crippen MR) is 131 cm³/mol. The Hall–Kier alpha value is -3.54. The number of fused-ring (bicyclic) bond motifs is 2. The van der Waals surface area contributed by atoms with E-state index in [4.69, 9.17) is 14.2 Å². The highest BCUT2D eigenvalue weighted by Gasteiger charge is 2.19. The normalized spacial score (nSPS) is 14.6. The molecule has 1 aliphatic rings. The molecular weight excluding hydrogens is 428 g/mol. The van der Waals surface area contributed by atoms with Crippen molar-refractivity contribution in [1.29, 1.82) is 0 Å². The molecule has 1 amide bonds. The Bertz CT molecular complexity index is 1070. The number of amides is 1. The lowest BCUT2D eigenvalue weighted by atomic mass is 10.1. The highest BCUT2D eigenvalue weighted by molar-refractivity contribution is 5.79. The summed E-state index contributed by atoms with van der Waals surface area (Å²) >= 11 is 0. The van der Waals surface area contributed by atoms with Crippen molar-refractivity contribution in [2.45, 2.75) is 45.6 Å². The van der Waals surface area contributed by atoms with Gasteiger partial charge in [-0.15, -0.1) is 0 Å². The molecule has 0 aliphatic carbocycles. The van der Waals surface area contributed by atoms with E-state index in [1.54, 1.807) is 6.20 Å². The zero-order valence-corrected chi connectivity index (χ0v) is 19.7. The van der Waals surface area contributed by atoms with Gasteiger partial charge in [0, 0.05) is 18.3 Å². The number of para-hydroxylation sites is 2. The number of aromatic nitrogens is 1. The maximum atomic E-state index is 13.3. The van der Waals surface area contributed by atoms with Crippen LogP contribution in [-0.2, 0) is 17.8 Å². The molecule has 0 unspecified atom stereocenters. The SMILES string of the molecule is CCOc1ccc(CC(=O)N2CCCCCCOc3ccccc3Oc3ncccc3C2)cc1. The number of carbonyl (C=O) groups is 1. The third-order valence-electron chi connectivity index (χ3n) is 5.79. The van der Waals surface area contributed by atoms with Crippen LogP contribution in [0.5, 0.6) is 23.1 Å². The fourth-order valence-corrected chi connectivity index (χ4v) is 3.99. The molecular formula is C28H32N2O4. The van der Waals surface area contributed by atoms with Crippen LogP contribution in [0.2, 0.25) is 0 Å². The van der Waals surface area contributed by atoms with Gasteiger partial charge in [0.1, 0.15) is 5.75 Å². The molecule has 2 aromatic carbocycles. The third kappa shape index (κ3) is 6.50. The second kappa shape index (κ2) is 12.1. The molecule has 0 saturated carbocycles. The molecule has 0 atom stereocenters. The third-order valence-corrected chi connectivity index (χ3v) is 5.79. The van der Waals surface area contributed by atoms with E-state index < -0.39 is 0 Å². The number of rotatable bonds is 4. The van der Waals surface area contributed by atoms with Crippen LogP contribution < -0.4 is 14.2 Å². The molecule has 0 N–H and O–H groups in total. The van der Waals surface area contributed by atoms with Crippen LogP contribution in [0.25, 0.3) is 0 Å². The van der Waals surface area contributed by atoms with Crippen LogP contribution >= 0.6 is 0 Å². The van der Waals surface area contributed by atoms with E-state index in [1.165, 1.54) is 0 Å². The zero-order valence-electron chi connectivity index (χ0n) is 19.7. The quantitative estimate of drug-likeness (QED) is 0.493. The standard InChI is InChI=1S/C28H32N2O4/c1-2-32-24-15-13-22(14-16-24)20-27(31)30-18-7-3-4-8-19-33-25-11-5-6-12-26(25)34-28-23(21-30)10-9-17-29-28/h5-6,9-17H,2-4,7-8,18-21H2,1H3. The first kappa shape index (κ1) is 23.6. The summed E-state index contributed by atoms with van der Waals surface area (Å²) in [6.45, 7) is 4.36. The fraction of sp³-hybridized carbons (Fsp3) is 0.357. The summed E-state index contributed by atoms with van der Waals surface area (Å²) in [4.78, 5) is 19.7. The van der Waals surface area contributed by atoms with Crippen molar-refractivity contribution in [2.24, 2.45) is 0 Å². The smallest absolute Gasteiger partial charge is 0.227 e. The first-order chi connectivity index (χ1) is 16.7. The van der Waals surface area contributed by atoms with E-state index in [-0.39, 0.29) is 5.91 Å². The van der Waals surface area contributed by atoms with E-state index in [1.807, 2.05) is 72.5 Å². The van der Waals surface area contributed by atoms with Crippen molar-refractivity contribution < 1.29 is 19.0 Å². The Morgan fingerprint density at radius 1 is 0.971 bits per heavy atom. The molecule has 0 saturated heterocycles. The van der Waals surface area contributed by atoms with Gasteiger partial charge < -0.3 is 19.1 Å². The van der Waals surface area contributed by atoms with Crippen LogP contribution in [0.1, 0.15) is 43.7 Å². The molecule has 3 aromatic rings. The van der Waals surface area contributed by atoms with Gasteiger partial charge >= 0.3 is 0 Å². The van der Waals surface area contributed by atoms with Gasteiger partial charge in [-0.3, -0.25) is 4.79 Å². The van der Waals surface area contributed by atoms with Crippen LogP contribution in [0.15, 0.2) is 66.9 Å². The lowest BCUT2D eigenvalue weighted by molar-refractivity contribution is -0.131. The second-order valence-electron chi connectivity index (χ2n) is 8.35. The average Bonchev–Trinajstić information content (AvgIpc) is 2.85. The minimum atomic E-state index is 0.0924. The largest absolute Gasteiger partial charge is 0.494 e. The van der Waals surface area contributed by atoms with Crippen molar-refractivity contribution in [1.82, 2.24) is 9.88 Å². The number of nitrogens with zero attached hydrogens (tertiary/aromatic N) is 2. The number of benzene rings is 2. The molecule has 4 rings (SSSR count). The number of ether oxygens (including phenoxy) is 3. The Balaban J connectivity index is 1.55. The van der Waals surface area contributed by atoms with Crippen molar-refractivity contribution in [3.63, 3.8) is 0 Å². The van der Waals surface area contributed by atoms with Crippen molar-refractivity contribution in [2.75, 3.05) is 19.8 Å². The van der Waals surface area contributed by atoms with Gasteiger partial charge in [-0.1, -0.05) is 43.2 Å². The number of carbonyl (C=O) groups excluding carboxylic acids is 1. The minimum Gasteiger partial charge on any atom is -0.494 e. The molecule has 0 bridgehead atoms. The predicted octanol–water partition coefficient (Wildman–Crippen LogP) is 5.80. The molecule has 1 aromatic heterocycles. The Labute approximate surface area is 201 Å². The van der Waals surface area contributed by atoms with E-state index in [2.05, 4.69) is 4.98 Å². The maximum Gasteiger partial charge on any atom is 0.227 e. The molecule has 0 fully saturated rings. The van der Waals surface area contributed by atoms with Gasteiger partial charge in [-0.2, -0.15) is 0 Å². The summed E-state index contributed by atoms with van der Waals surface area (Å²) in [5.41, 5.74) is 1.84. The monoisotopic (exact) mass is 460 g/mol. The number of hydrogen-bond acceptors (Lipinski definition) is 5. The maximum absolute atomic E-state index is 13.3. The summed E-state index contributed by atoms with van der Waals surface area (Å²) in [6, 6.07) is 19.3. The highest BCUT2D eigenvalue weighted by Crippen LogP contribution is 2.32. The first-order valence-corrected chi connectivity index (χ1v) is 12.1. The molecule has 0 spiro atoms. The fourth-order valence-electron chi connectivity index (χ4n) is 3.99. The van der Waals surface area contributed by atoms with Crippen LogP contribution in [0.4, 0.5) is 0 Å². The van der Waals surface area contributed by atoms with Crippen LogP contribution in [0.3, 0.4) is 0 Å². The summed E-state index contributed by atoms with van der Waals surface area (Å²) < 4.78 is 17.7. The summed E-state index contributed by atoms with van der Waals surface area (Å²) in [6.07, 6.45) is 6.07. The van der Waals surface area contributed by atoms with Gasteiger partial charge in [-0.25, -0.2) is 4.98 Å². The zero-order chi connectivity index (χ0) is 23.6. The van der Waals surface area contributed by atoms with Crippen molar-refractivity contribution >= 4 is 5.91 Å². The molecule has 6 nitrogen and oxygen atoms in total. The van der Waals surface area contributed by atoms with Crippen molar-refractivity contribution in [3.8, 4) is 23.1 Å². The van der Waals surface area contributed by atoms with Gasteiger partial charge in [0.25, 0.3) is 0 Å². The Morgan fingerprint density at radius 3 is 2.59 bits per heavy atom. The average molecular weight is 461 g/mol. The van der Waals surface area contributed by atoms with Gasteiger partial charge in [0.05, 0.1) is 26.2 Å². The molecule has 2 heterocycles. The lowest BCUT2D eigenvalue weighted by Crippen LogP contribution is -2.33. The minimum absolute atomic E-state index is 0.0924. The van der Waals surface area contributed by atoms with E-state index in [0.29, 0.717) is 50.1 Å². The molecule has 178 valence electrons. The van der Waals surface area contributed by atoms with Crippen molar-refractivity contribution in [3.05, 3.63) is 78.0 Å². The molecule has 34 heavy (non-hydrogen) atoms. The van der Waals surface area contributed by atoms with E-state index in [0.717, 1.165) is 42.6 Å². The van der Waals surface area contributed by atoms with E-state index in [9.17, 15) is 4.79 Å². The second-order valence-corrected chi connectivity index (χ2v) is 8.35. The van der Waals surface area contributed by atoms with E-state index >= 15 is 0 Å². The van der Waals surface area contributed by atoms with Gasteiger partial charge in [0.2, 0.25) is 11.8 Å². The molecule has 1 aliphatic heterocycles. The topological polar surface area (TPSA) is 60.9 Å². The molecule has 0 radical (unpaired) electrons. The summed E-state index contributed by atoms with van der Waals surface area (Å²) in [7, 11) is 0. The summed E-state index contributed by atoms with van der Waals surface area (Å²) in [5, 5.41) is 0. The van der Waals surface area contributed by atoms with Gasteiger partial charge in [0.15, 0.2) is 11.5 Å². The van der Waals surface area contributed by atoms with Crippen LogP contribution in [0, 0.1) is 0 Å². The number of hydrogen-bond donors (Lipinski definition) is 0. The first-order valence-electron chi connectivity index (χ1n) is 12.1. The highest BCUT2D eigenvalue weighted by atomic mass is 16.5. The number of pyridine rings is 1. The molecule has 6 heteroatoms. The van der Waals surface area contributed by atoms with Gasteiger partial charge in [-0.05, 0) is 55.7 Å². The summed E-state index contributed by atoms with van der Waals surface area (Å²) in [5.74, 6) is 2.74. The lowest BCUT2D eigenvalue weighted by Gasteiger charge is -2.24. The Morgan fingerprint density at radius 2 is 1.76 bits per heavy atom.